The second-order valence-electron chi connectivity index (χ2n) is 3.89. The molecule has 1 aliphatic rings. The van der Waals surface area contributed by atoms with Gasteiger partial charge in [-0.3, -0.25) is 0 Å². The molecule has 1 aromatic rings. The molecule has 0 aromatic heterocycles. The van der Waals surface area contributed by atoms with E-state index in [-0.39, 0.29) is 6.10 Å². The fourth-order valence-corrected chi connectivity index (χ4v) is 2.52. The Kier molecular flexibility index (Phi) is 3.10. The first kappa shape index (κ1) is 10.7. The van der Waals surface area contributed by atoms with Crippen LogP contribution in [0.4, 0.5) is 0 Å². The molecule has 0 saturated heterocycles. The van der Waals surface area contributed by atoms with Crippen molar-refractivity contribution >= 4 is 22.2 Å². The molecule has 0 fully saturated rings. The number of aryl methyl sites for hydroxylation is 1. The Balaban J connectivity index is 2.33. The first-order chi connectivity index (χ1) is 7.20. The highest BCUT2D eigenvalue weighted by molar-refractivity contribution is 9.10. The maximum atomic E-state index is 10.4. The molecular formula is C12H13BrO2. The van der Waals surface area contributed by atoms with Crippen molar-refractivity contribution in [3.8, 4) is 5.75 Å². The van der Waals surface area contributed by atoms with E-state index in [1.54, 1.807) is 0 Å². The SMILES string of the molecule is CC1Cc2cc(Br)cc(CCC=O)c2O1. The van der Waals surface area contributed by atoms with Gasteiger partial charge in [0, 0.05) is 17.3 Å². The normalized spacial score (nSPS) is 18.4. The molecule has 1 aromatic carbocycles. The second kappa shape index (κ2) is 4.35. The van der Waals surface area contributed by atoms with Crippen LogP contribution in [0.5, 0.6) is 5.75 Å². The van der Waals surface area contributed by atoms with Crippen LogP contribution in [0.2, 0.25) is 0 Å². The van der Waals surface area contributed by atoms with Crippen LogP contribution in [0.15, 0.2) is 16.6 Å². The lowest BCUT2D eigenvalue weighted by molar-refractivity contribution is -0.107. The summed E-state index contributed by atoms with van der Waals surface area (Å²) in [7, 11) is 0. The number of hydrogen-bond donors (Lipinski definition) is 0. The molecule has 0 bridgehead atoms. The number of carbonyl (C=O) groups is 1. The van der Waals surface area contributed by atoms with Crippen molar-refractivity contribution in [3.05, 3.63) is 27.7 Å². The van der Waals surface area contributed by atoms with Gasteiger partial charge in [-0.2, -0.15) is 0 Å². The van der Waals surface area contributed by atoms with E-state index in [0.717, 1.165) is 34.9 Å². The van der Waals surface area contributed by atoms with Crippen LogP contribution in [-0.4, -0.2) is 12.4 Å². The molecule has 0 aliphatic carbocycles. The summed E-state index contributed by atoms with van der Waals surface area (Å²) >= 11 is 3.48. The van der Waals surface area contributed by atoms with Crippen LogP contribution in [-0.2, 0) is 17.6 Å². The monoisotopic (exact) mass is 268 g/mol. The Bertz CT molecular complexity index is 387. The Hall–Kier alpha value is -0.830. The maximum absolute atomic E-state index is 10.4. The first-order valence-corrected chi connectivity index (χ1v) is 5.91. The van der Waals surface area contributed by atoms with Gasteiger partial charge in [-0.1, -0.05) is 15.9 Å². The van der Waals surface area contributed by atoms with E-state index < -0.39 is 0 Å². The van der Waals surface area contributed by atoms with Crippen LogP contribution in [0.1, 0.15) is 24.5 Å². The number of benzene rings is 1. The molecule has 80 valence electrons. The van der Waals surface area contributed by atoms with Crippen LogP contribution in [0.3, 0.4) is 0 Å². The lowest BCUT2D eigenvalue weighted by Crippen LogP contribution is -2.06. The molecule has 15 heavy (non-hydrogen) atoms. The first-order valence-electron chi connectivity index (χ1n) is 5.12. The van der Waals surface area contributed by atoms with E-state index in [9.17, 15) is 4.79 Å². The average molecular weight is 269 g/mol. The van der Waals surface area contributed by atoms with Gasteiger partial charge >= 0.3 is 0 Å². The standard InChI is InChI=1S/C12H13BrO2/c1-8-5-10-7-11(13)6-9(3-2-4-14)12(10)15-8/h4,6-8H,2-3,5H2,1H3. The quantitative estimate of drug-likeness (QED) is 0.789. The summed E-state index contributed by atoms with van der Waals surface area (Å²) in [4.78, 5) is 10.4. The molecule has 1 heterocycles. The summed E-state index contributed by atoms with van der Waals surface area (Å²) in [5, 5.41) is 0. The number of carbonyl (C=O) groups excluding carboxylic acids is 1. The number of ether oxygens (including phenoxy) is 1. The van der Waals surface area contributed by atoms with Gasteiger partial charge in [-0.05, 0) is 36.6 Å². The Morgan fingerprint density at radius 3 is 3.13 bits per heavy atom. The van der Waals surface area contributed by atoms with Crippen LogP contribution >= 0.6 is 15.9 Å². The number of aldehydes is 1. The molecular weight excluding hydrogens is 256 g/mol. The third-order valence-corrected chi connectivity index (χ3v) is 3.02. The second-order valence-corrected chi connectivity index (χ2v) is 4.81. The van der Waals surface area contributed by atoms with Crippen LogP contribution < -0.4 is 4.74 Å². The lowest BCUT2D eigenvalue weighted by Gasteiger charge is -2.08. The summed E-state index contributed by atoms with van der Waals surface area (Å²) in [5.41, 5.74) is 2.38. The minimum Gasteiger partial charge on any atom is -0.490 e. The molecule has 2 rings (SSSR count). The lowest BCUT2D eigenvalue weighted by atomic mass is 10.0. The fourth-order valence-electron chi connectivity index (χ4n) is 1.97. The van der Waals surface area contributed by atoms with E-state index in [2.05, 4.69) is 28.9 Å². The van der Waals surface area contributed by atoms with Crippen molar-refractivity contribution in [1.29, 1.82) is 0 Å². The summed E-state index contributed by atoms with van der Waals surface area (Å²) in [6.07, 6.45) is 3.48. The largest absolute Gasteiger partial charge is 0.490 e. The Morgan fingerprint density at radius 2 is 2.40 bits per heavy atom. The summed E-state index contributed by atoms with van der Waals surface area (Å²) in [6.45, 7) is 2.07. The van der Waals surface area contributed by atoms with Gasteiger partial charge in [0.2, 0.25) is 0 Å². The summed E-state index contributed by atoms with van der Waals surface area (Å²) in [5.74, 6) is 0.993. The molecule has 1 aliphatic heterocycles. The van der Waals surface area contributed by atoms with Crippen LogP contribution in [0.25, 0.3) is 0 Å². The van der Waals surface area contributed by atoms with Gasteiger partial charge in [-0.25, -0.2) is 0 Å². The maximum Gasteiger partial charge on any atom is 0.126 e. The molecule has 3 heteroatoms. The predicted molar refractivity (Wildman–Crippen MR) is 62.3 cm³/mol. The molecule has 2 nitrogen and oxygen atoms in total. The number of hydrogen-bond acceptors (Lipinski definition) is 2. The van der Waals surface area contributed by atoms with Gasteiger partial charge in [-0.15, -0.1) is 0 Å². The number of rotatable bonds is 3. The molecule has 1 atom stereocenters. The molecule has 0 saturated carbocycles. The smallest absolute Gasteiger partial charge is 0.126 e. The van der Waals surface area contributed by atoms with Crippen molar-refractivity contribution in [2.75, 3.05) is 0 Å². The van der Waals surface area contributed by atoms with E-state index in [1.807, 2.05) is 6.07 Å². The Labute approximate surface area is 97.8 Å². The third kappa shape index (κ3) is 2.23. The predicted octanol–water partition coefficient (Wildman–Crippen LogP) is 2.90. The zero-order chi connectivity index (χ0) is 10.8. The third-order valence-electron chi connectivity index (χ3n) is 2.57. The molecule has 0 amide bonds. The zero-order valence-electron chi connectivity index (χ0n) is 8.63. The topological polar surface area (TPSA) is 26.3 Å². The van der Waals surface area contributed by atoms with Gasteiger partial charge in [0.25, 0.3) is 0 Å². The molecule has 0 radical (unpaired) electrons. The summed E-state index contributed by atoms with van der Waals surface area (Å²) in [6, 6.07) is 4.14. The van der Waals surface area contributed by atoms with Gasteiger partial charge < -0.3 is 9.53 Å². The van der Waals surface area contributed by atoms with Crippen molar-refractivity contribution in [2.45, 2.75) is 32.3 Å². The highest BCUT2D eigenvalue weighted by Gasteiger charge is 2.22. The van der Waals surface area contributed by atoms with E-state index in [1.165, 1.54) is 5.56 Å². The highest BCUT2D eigenvalue weighted by Crippen LogP contribution is 2.35. The van der Waals surface area contributed by atoms with E-state index >= 15 is 0 Å². The van der Waals surface area contributed by atoms with Crippen molar-refractivity contribution in [2.24, 2.45) is 0 Å². The average Bonchev–Trinajstić information content (AvgIpc) is 2.54. The number of fused-ring (bicyclic) bond motifs is 1. The van der Waals surface area contributed by atoms with E-state index in [0.29, 0.717) is 6.42 Å². The molecule has 0 spiro atoms. The van der Waals surface area contributed by atoms with Gasteiger partial charge in [0.15, 0.2) is 0 Å². The van der Waals surface area contributed by atoms with Crippen LogP contribution in [0, 0.1) is 0 Å². The van der Waals surface area contributed by atoms with Gasteiger partial charge in [0.1, 0.15) is 18.1 Å². The molecule has 1 unspecified atom stereocenters. The number of halogens is 1. The van der Waals surface area contributed by atoms with Crippen molar-refractivity contribution < 1.29 is 9.53 Å². The van der Waals surface area contributed by atoms with Gasteiger partial charge in [0.05, 0.1) is 0 Å². The Morgan fingerprint density at radius 1 is 1.60 bits per heavy atom. The summed E-state index contributed by atoms with van der Waals surface area (Å²) < 4.78 is 6.82. The zero-order valence-corrected chi connectivity index (χ0v) is 10.2. The van der Waals surface area contributed by atoms with Crippen molar-refractivity contribution in [1.82, 2.24) is 0 Å². The van der Waals surface area contributed by atoms with E-state index in [4.69, 9.17) is 4.74 Å². The van der Waals surface area contributed by atoms with Crippen molar-refractivity contribution in [3.63, 3.8) is 0 Å². The fraction of sp³-hybridized carbons (Fsp3) is 0.417. The highest BCUT2D eigenvalue weighted by atomic mass is 79.9. The molecule has 0 N–H and O–H groups in total. The minimum atomic E-state index is 0.254. The minimum absolute atomic E-state index is 0.254.